The van der Waals surface area contributed by atoms with Crippen molar-refractivity contribution in [3.8, 4) is 0 Å². The molecule has 0 aromatic carbocycles. The lowest BCUT2D eigenvalue weighted by molar-refractivity contribution is 0.108. The molecule has 0 aromatic rings. The van der Waals surface area contributed by atoms with Crippen LogP contribution in [0.15, 0.2) is 4.99 Å². The van der Waals surface area contributed by atoms with Gasteiger partial charge in [0.05, 0.1) is 12.1 Å². The highest BCUT2D eigenvalue weighted by atomic mass is 16.5. The fourth-order valence-corrected chi connectivity index (χ4v) is 1.32. The van der Waals surface area contributed by atoms with Crippen LogP contribution in [-0.2, 0) is 9.53 Å². The number of hydrogen-bond donors (Lipinski definition) is 0. The molecular weight excluding hydrogens is 130 g/mol. The van der Waals surface area contributed by atoms with E-state index in [9.17, 15) is 4.79 Å². The molecule has 0 radical (unpaired) electrons. The van der Waals surface area contributed by atoms with Gasteiger partial charge >= 0.3 is 0 Å². The van der Waals surface area contributed by atoms with Crippen LogP contribution in [0.5, 0.6) is 0 Å². The molecule has 0 bridgehead atoms. The summed E-state index contributed by atoms with van der Waals surface area (Å²) in [5.41, 5.74) is 0. The van der Waals surface area contributed by atoms with Gasteiger partial charge in [0.2, 0.25) is 6.08 Å². The van der Waals surface area contributed by atoms with E-state index in [0.29, 0.717) is 6.10 Å². The Balaban J connectivity index is 2.35. The Morgan fingerprint density at radius 3 is 2.90 bits per heavy atom. The lowest BCUT2D eigenvalue weighted by Gasteiger charge is -2.03. The van der Waals surface area contributed by atoms with Crippen LogP contribution in [0.2, 0.25) is 0 Å². The second-order valence-electron chi connectivity index (χ2n) is 2.54. The van der Waals surface area contributed by atoms with Gasteiger partial charge in [0.25, 0.3) is 0 Å². The van der Waals surface area contributed by atoms with Gasteiger partial charge in [0, 0.05) is 7.11 Å². The molecule has 1 rings (SSSR count). The first-order chi connectivity index (χ1) is 4.86. The van der Waals surface area contributed by atoms with Gasteiger partial charge in [0.1, 0.15) is 0 Å². The average Bonchev–Trinajstić information content (AvgIpc) is 2.37. The normalized spacial score (nSPS) is 31.7. The first kappa shape index (κ1) is 7.45. The predicted octanol–water partition coefficient (Wildman–Crippen LogP) is 0.890. The molecule has 10 heavy (non-hydrogen) atoms. The Morgan fingerprint density at radius 1 is 1.60 bits per heavy atom. The minimum absolute atomic E-state index is 0.169. The lowest BCUT2D eigenvalue weighted by Crippen LogP contribution is -2.05. The Hall–Kier alpha value is -0.660. The summed E-state index contributed by atoms with van der Waals surface area (Å²) in [5, 5.41) is 0. The molecule has 0 spiro atoms. The summed E-state index contributed by atoms with van der Waals surface area (Å²) in [6, 6.07) is 0.169. The van der Waals surface area contributed by atoms with E-state index in [1.54, 1.807) is 13.2 Å². The molecule has 1 saturated carbocycles. The number of nitrogens with zero attached hydrogens (tertiary/aromatic N) is 1. The smallest absolute Gasteiger partial charge is 0.235 e. The Morgan fingerprint density at radius 2 is 2.40 bits per heavy atom. The van der Waals surface area contributed by atoms with Crippen molar-refractivity contribution >= 4 is 6.08 Å². The summed E-state index contributed by atoms with van der Waals surface area (Å²) >= 11 is 0. The number of aliphatic imine (C=N–C) groups is 1. The molecule has 56 valence electrons. The van der Waals surface area contributed by atoms with Gasteiger partial charge in [-0.3, -0.25) is 0 Å². The summed E-state index contributed by atoms with van der Waals surface area (Å²) in [6.07, 6.45) is 4.75. The van der Waals surface area contributed by atoms with Crippen LogP contribution in [0.3, 0.4) is 0 Å². The van der Waals surface area contributed by atoms with Crippen LogP contribution in [-0.4, -0.2) is 25.3 Å². The van der Waals surface area contributed by atoms with Crippen LogP contribution in [0.4, 0.5) is 0 Å². The Kier molecular flexibility index (Phi) is 2.60. The SMILES string of the molecule is COC1CCC(N=C=O)C1. The molecule has 2 unspecified atom stereocenters. The average molecular weight is 141 g/mol. The minimum atomic E-state index is 0.169. The summed E-state index contributed by atoms with van der Waals surface area (Å²) in [4.78, 5) is 13.5. The zero-order valence-corrected chi connectivity index (χ0v) is 6.04. The van der Waals surface area contributed by atoms with E-state index in [-0.39, 0.29) is 6.04 Å². The monoisotopic (exact) mass is 141 g/mol. The third-order valence-electron chi connectivity index (χ3n) is 1.93. The maximum absolute atomic E-state index is 9.82. The van der Waals surface area contributed by atoms with Gasteiger partial charge in [-0.2, -0.15) is 0 Å². The van der Waals surface area contributed by atoms with E-state index in [4.69, 9.17) is 4.74 Å². The molecule has 0 N–H and O–H groups in total. The summed E-state index contributed by atoms with van der Waals surface area (Å²) in [5.74, 6) is 0. The minimum Gasteiger partial charge on any atom is -0.381 e. The molecule has 2 atom stereocenters. The van der Waals surface area contributed by atoms with E-state index < -0.39 is 0 Å². The Bertz CT molecular complexity index is 152. The van der Waals surface area contributed by atoms with Crippen LogP contribution in [0.1, 0.15) is 19.3 Å². The molecule has 1 aliphatic rings. The van der Waals surface area contributed by atoms with E-state index >= 15 is 0 Å². The Labute approximate surface area is 60.1 Å². The summed E-state index contributed by atoms with van der Waals surface area (Å²) < 4.78 is 5.10. The number of carbonyl (C=O) groups excluding carboxylic acids is 1. The van der Waals surface area contributed by atoms with Crippen molar-refractivity contribution in [2.45, 2.75) is 31.4 Å². The first-order valence-corrected chi connectivity index (χ1v) is 3.46. The van der Waals surface area contributed by atoms with Crippen molar-refractivity contribution in [2.75, 3.05) is 7.11 Å². The highest BCUT2D eigenvalue weighted by Crippen LogP contribution is 2.23. The van der Waals surface area contributed by atoms with Gasteiger partial charge < -0.3 is 4.74 Å². The molecule has 1 fully saturated rings. The third kappa shape index (κ3) is 1.66. The molecule has 0 aliphatic heterocycles. The third-order valence-corrected chi connectivity index (χ3v) is 1.93. The van der Waals surface area contributed by atoms with Crippen molar-refractivity contribution in [1.82, 2.24) is 0 Å². The highest BCUT2D eigenvalue weighted by molar-refractivity contribution is 5.33. The maximum Gasteiger partial charge on any atom is 0.235 e. The van der Waals surface area contributed by atoms with Gasteiger partial charge in [-0.25, -0.2) is 9.79 Å². The zero-order valence-electron chi connectivity index (χ0n) is 6.04. The zero-order chi connectivity index (χ0) is 7.40. The summed E-state index contributed by atoms with van der Waals surface area (Å²) in [6.45, 7) is 0. The van der Waals surface area contributed by atoms with Crippen LogP contribution in [0.25, 0.3) is 0 Å². The van der Waals surface area contributed by atoms with Crippen molar-refractivity contribution in [1.29, 1.82) is 0 Å². The largest absolute Gasteiger partial charge is 0.381 e. The molecule has 3 heteroatoms. The fourth-order valence-electron chi connectivity index (χ4n) is 1.32. The number of hydrogen-bond acceptors (Lipinski definition) is 3. The van der Waals surface area contributed by atoms with Gasteiger partial charge in [-0.15, -0.1) is 0 Å². The van der Waals surface area contributed by atoms with E-state index in [1.165, 1.54) is 0 Å². The van der Waals surface area contributed by atoms with Gasteiger partial charge in [-0.1, -0.05) is 0 Å². The van der Waals surface area contributed by atoms with E-state index in [1.807, 2.05) is 0 Å². The fraction of sp³-hybridized carbons (Fsp3) is 0.857. The van der Waals surface area contributed by atoms with Gasteiger partial charge in [-0.05, 0) is 19.3 Å². The topological polar surface area (TPSA) is 38.7 Å². The van der Waals surface area contributed by atoms with Crippen LogP contribution < -0.4 is 0 Å². The van der Waals surface area contributed by atoms with Gasteiger partial charge in [0.15, 0.2) is 0 Å². The number of methoxy groups -OCH3 is 1. The number of isocyanates is 1. The van der Waals surface area contributed by atoms with E-state index in [0.717, 1.165) is 19.3 Å². The molecule has 3 nitrogen and oxygen atoms in total. The second-order valence-corrected chi connectivity index (χ2v) is 2.54. The van der Waals surface area contributed by atoms with Crippen molar-refractivity contribution in [2.24, 2.45) is 4.99 Å². The van der Waals surface area contributed by atoms with Crippen molar-refractivity contribution in [3.63, 3.8) is 0 Å². The summed E-state index contributed by atoms with van der Waals surface area (Å²) in [7, 11) is 1.69. The molecular formula is C7H11NO2. The molecule has 0 amide bonds. The molecule has 0 aromatic heterocycles. The van der Waals surface area contributed by atoms with Crippen LogP contribution in [0, 0.1) is 0 Å². The first-order valence-electron chi connectivity index (χ1n) is 3.46. The molecule has 1 aliphatic carbocycles. The quantitative estimate of drug-likeness (QED) is 0.423. The predicted molar refractivity (Wildman–Crippen MR) is 36.6 cm³/mol. The number of ether oxygens (including phenoxy) is 1. The number of rotatable bonds is 2. The molecule has 0 saturated heterocycles. The standard InChI is InChI=1S/C7H11NO2/c1-10-7-3-2-6(4-7)8-5-9/h6-7H,2-4H2,1H3. The highest BCUT2D eigenvalue weighted by Gasteiger charge is 2.23. The van der Waals surface area contributed by atoms with Crippen LogP contribution >= 0.6 is 0 Å². The second kappa shape index (κ2) is 3.49. The lowest BCUT2D eigenvalue weighted by atomic mass is 10.3. The van der Waals surface area contributed by atoms with Crippen molar-refractivity contribution < 1.29 is 9.53 Å². The van der Waals surface area contributed by atoms with Crippen molar-refractivity contribution in [3.05, 3.63) is 0 Å². The van der Waals surface area contributed by atoms with E-state index in [2.05, 4.69) is 4.99 Å². The maximum atomic E-state index is 9.82. The molecule has 0 heterocycles.